The molecule has 7 heteroatoms. The minimum atomic E-state index is -4.46. The number of halogens is 3. The van der Waals surface area contributed by atoms with Crippen molar-refractivity contribution in [2.45, 2.75) is 32.0 Å². The lowest BCUT2D eigenvalue weighted by Gasteiger charge is -2.34. The molecule has 1 aliphatic heterocycles. The van der Waals surface area contributed by atoms with E-state index in [1.54, 1.807) is 4.90 Å². The monoisotopic (exact) mass is 323 g/mol. The summed E-state index contributed by atoms with van der Waals surface area (Å²) in [6, 6.07) is 3.91. The second-order valence-electron chi connectivity index (χ2n) is 6.31. The molecule has 0 atom stereocenters. The second-order valence-corrected chi connectivity index (χ2v) is 6.31. The lowest BCUT2D eigenvalue weighted by molar-refractivity contribution is -0.136. The van der Waals surface area contributed by atoms with Crippen molar-refractivity contribution in [1.82, 2.24) is 14.5 Å². The molecule has 1 fully saturated rings. The number of benzene rings is 1. The highest BCUT2D eigenvalue weighted by molar-refractivity contribution is 5.96. The van der Waals surface area contributed by atoms with Gasteiger partial charge >= 0.3 is 6.18 Å². The summed E-state index contributed by atoms with van der Waals surface area (Å²) in [7, 11) is 0. The van der Waals surface area contributed by atoms with Gasteiger partial charge in [0.2, 0.25) is 0 Å². The van der Waals surface area contributed by atoms with Crippen molar-refractivity contribution in [3.05, 3.63) is 29.6 Å². The van der Waals surface area contributed by atoms with Crippen molar-refractivity contribution in [3.8, 4) is 0 Å². The molecule has 4 nitrogen and oxygen atoms in total. The Balaban J connectivity index is 1.76. The summed E-state index contributed by atoms with van der Waals surface area (Å²) in [5.41, 5.74) is -0.477. The zero-order valence-corrected chi connectivity index (χ0v) is 12.4. The van der Waals surface area contributed by atoms with E-state index in [1.165, 1.54) is 23.1 Å². The predicted octanol–water partition coefficient (Wildman–Crippen LogP) is 3.31. The summed E-state index contributed by atoms with van der Waals surface area (Å²) in [5, 5.41) is 0. The zero-order valence-electron chi connectivity index (χ0n) is 12.4. The molecule has 122 valence electrons. The molecule has 1 aromatic heterocycles. The van der Waals surface area contributed by atoms with E-state index in [-0.39, 0.29) is 22.8 Å². The van der Waals surface area contributed by atoms with Crippen LogP contribution in [0.3, 0.4) is 0 Å². The zero-order chi connectivity index (χ0) is 16.2. The van der Waals surface area contributed by atoms with Crippen LogP contribution >= 0.6 is 0 Å². The van der Waals surface area contributed by atoms with Gasteiger partial charge in [0.05, 0.1) is 16.6 Å². The van der Waals surface area contributed by atoms with Gasteiger partial charge in [0.15, 0.2) is 5.82 Å². The highest BCUT2D eigenvalue weighted by Gasteiger charge is 2.37. The molecule has 4 rings (SSSR count). The first-order chi connectivity index (χ1) is 10.9. The molecule has 1 aliphatic carbocycles. The first-order valence-electron chi connectivity index (χ1n) is 7.81. The van der Waals surface area contributed by atoms with Crippen LogP contribution < -0.4 is 0 Å². The Labute approximate surface area is 130 Å². The minimum Gasteiger partial charge on any atom is -0.334 e. The normalized spacial score (nSPS) is 19.1. The maximum absolute atomic E-state index is 13.2. The van der Waals surface area contributed by atoms with Crippen LogP contribution in [-0.2, 0) is 12.7 Å². The molecule has 0 saturated heterocycles. The summed E-state index contributed by atoms with van der Waals surface area (Å²) < 4.78 is 41.1. The average Bonchev–Trinajstić information content (AvgIpc) is 2.83. The Hall–Kier alpha value is -2.05. The number of nitrogens with zero attached hydrogens (tertiary/aromatic N) is 3. The van der Waals surface area contributed by atoms with Gasteiger partial charge in [-0.15, -0.1) is 0 Å². The van der Waals surface area contributed by atoms with Crippen LogP contribution in [0.1, 0.15) is 35.4 Å². The van der Waals surface area contributed by atoms with E-state index >= 15 is 0 Å². The number of aromatic nitrogens is 2. The van der Waals surface area contributed by atoms with Gasteiger partial charge in [-0.25, -0.2) is 4.98 Å². The van der Waals surface area contributed by atoms with Crippen LogP contribution in [0.4, 0.5) is 13.2 Å². The molecule has 1 saturated carbocycles. The van der Waals surface area contributed by atoms with Crippen molar-refractivity contribution >= 4 is 16.9 Å². The SMILES string of the molecule is O=C1c2nc3cccc(C(F)(F)F)c3n2CCN1CC1CCC1. The van der Waals surface area contributed by atoms with Crippen LogP contribution in [0, 0.1) is 5.92 Å². The van der Waals surface area contributed by atoms with Gasteiger partial charge in [-0.1, -0.05) is 12.5 Å². The third-order valence-corrected chi connectivity index (χ3v) is 4.85. The van der Waals surface area contributed by atoms with Crippen LogP contribution in [0.25, 0.3) is 11.0 Å². The van der Waals surface area contributed by atoms with Crippen molar-refractivity contribution < 1.29 is 18.0 Å². The van der Waals surface area contributed by atoms with Gasteiger partial charge in [0, 0.05) is 19.6 Å². The first-order valence-corrected chi connectivity index (χ1v) is 7.81. The maximum atomic E-state index is 13.2. The molecule has 0 bridgehead atoms. The number of carbonyl (C=O) groups is 1. The number of carbonyl (C=O) groups excluding carboxylic acids is 1. The summed E-state index contributed by atoms with van der Waals surface area (Å²) in [4.78, 5) is 18.5. The predicted molar refractivity (Wildman–Crippen MR) is 78.0 cm³/mol. The highest BCUT2D eigenvalue weighted by Crippen LogP contribution is 2.36. The van der Waals surface area contributed by atoms with Crippen LogP contribution in [-0.4, -0.2) is 33.4 Å². The largest absolute Gasteiger partial charge is 0.418 e. The van der Waals surface area contributed by atoms with Gasteiger partial charge in [-0.2, -0.15) is 13.2 Å². The molecule has 1 amide bonds. The molecular weight excluding hydrogens is 307 g/mol. The number of rotatable bonds is 2. The van der Waals surface area contributed by atoms with Crippen molar-refractivity contribution in [1.29, 1.82) is 0 Å². The van der Waals surface area contributed by atoms with Gasteiger partial charge in [0.25, 0.3) is 5.91 Å². The number of hydrogen-bond donors (Lipinski definition) is 0. The molecule has 2 aliphatic rings. The quantitative estimate of drug-likeness (QED) is 0.850. The summed E-state index contributed by atoms with van der Waals surface area (Å²) >= 11 is 0. The first kappa shape index (κ1) is 14.5. The molecule has 23 heavy (non-hydrogen) atoms. The third kappa shape index (κ3) is 2.29. The van der Waals surface area contributed by atoms with Gasteiger partial charge in [0.1, 0.15) is 0 Å². The number of amides is 1. The van der Waals surface area contributed by atoms with Crippen molar-refractivity contribution in [2.24, 2.45) is 5.92 Å². The number of hydrogen-bond acceptors (Lipinski definition) is 2. The molecule has 2 aromatic rings. The van der Waals surface area contributed by atoms with E-state index in [4.69, 9.17) is 0 Å². The Morgan fingerprint density at radius 2 is 2.00 bits per heavy atom. The fourth-order valence-corrected chi connectivity index (χ4v) is 3.42. The van der Waals surface area contributed by atoms with E-state index in [2.05, 4.69) is 4.98 Å². The van der Waals surface area contributed by atoms with E-state index < -0.39 is 11.7 Å². The molecular formula is C16H16F3N3O. The third-order valence-electron chi connectivity index (χ3n) is 4.85. The topological polar surface area (TPSA) is 38.1 Å². The van der Waals surface area contributed by atoms with E-state index in [0.717, 1.165) is 18.9 Å². The molecule has 0 unspecified atom stereocenters. The Morgan fingerprint density at radius 1 is 1.22 bits per heavy atom. The Morgan fingerprint density at radius 3 is 2.65 bits per heavy atom. The van der Waals surface area contributed by atoms with Crippen LogP contribution in [0.5, 0.6) is 0 Å². The van der Waals surface area contributed by atoms with E-state index in [0.29, 0.717) is 25.6 Å². The van der Waals surface area contributed by atoms with Gasteiger partial charge < -0.3 is 9.47 Å². The number of para-hydroxylation sites is 1. The van der Waals surface area contributed by atoms with Crippen LogP contribution in [0.2, 0.25) is 0 Å². The fraction of sp³-hybridized carbons (Fsp3) is 0.500. The molecule has 2 heterocycles. The molecule has 0 N–H and O–H groups in total. The fourth-order valence-electron chi connectivity index (χ4n) is 3.42. The summed E-state index contributed by atoms with van der Waals surface area (Å²) in [5.74, 6) is 0.398. The average molecular weight is 323 g/mol. The Bertz CT molecular complexity index is 777. The van der Waals surface area contributed by atoms with Crippen LogP contribution in [0.15, 0.2) is 18.2 Å². The van der Waals surface area contributed by atoms with Gasteiger partial charge in [-0.05, 0) is 30.9 Å². The number of fused-ring (bicyclic) bond motifs is 3. The Kier molecular flexibility index (Phi) is 3.14. The molecule has 0 spiro atoms. The summed E-state index contributed by atoms with van der Waals surface area (Å²) in [6.45, 7) is 1.49. The lowest BCUT2D eigenvalue weighted by Crippen LogP contribution is -2.44. The smallest absolute Gasteiger partial charge is 0.334 e. The summed E-state index contributed by atoms with van der Waals surface area (Å²) in [6.07, 6.45) is -1.01. The molecule has 1 aromatic carbocycles. The number of alkyl halides is 3. The van der Waals surface area contributed by atoms with E-state index in [9.17, 15) is 18.0 Å². The van der Waals surface area contributed by atoms with Crippen molar-refractivity contribution in [3.63, 3.8) is 0 Å². The number of imidazole rings is 1. The highest BCUT2D eigenvalue weighted by atomic mass is 19.4. The molecule has 0 radical (unpaired) electrons. The lowest BCUT2D eigenvalue weighted by atomic mass is 9.85. The second kappa shape index (κ2) is 4.97. The van der Waals surface area contributed by atoms with E-state index in [1.807, 2.05) is 0 Å². The standard InChI is InChI=1S/C16H16F3N3O/c17-16(18,19)11-5-2-6-12-13(11)22-8-7-21(9-10-3-1-4-10)15(23)14(22)20-12/h2,5-6,10H,1,3-4,7-9H2. The maximum Gasteiger partial charge on any atom is 0.418 e. The van der Waals surface area contributed by atoms with Crippen molar-refractivity contribution in [2.75, 3.05) is 13.1 Å². The minimum absolute atomic E-state index is 0.0200. The van der Waals surface area contributed by atoms with Gasteiger partial charge in [-0.3, -0.25) is 4.79 Å².